The van der Waals surface area contributed by atoms with Gasteiger partial charge in [0.15, 0.2) is 0 Å². The number of carboxylic acid groups (broad SMARTS) is 1. The third-order valence-corrected chi connectivity index (χ3v) is 4.07. The minimum atomic E-state index is -0.877. The van der Waals surface area contributed by atoms with Crippen molar-refractivity contribution in [2.75, 3.05) is 6.54 Å². The topological polar surface area (TPSA) is 57.6 Å². The van der Waals surface area contributed by atoms with Crippen molar-refractivity contribution in [3.63, 3.8) is 0 Å². The van der Waals surface area contributed by atoms with Crippen LogP contribution in [0.2, 0.25) is 0 Å². The number of amides is 1. The molecule has 0 unspecified atom stereocenters. The Hall–Kier alpha value is -1.06. The molecule has 0 aromatic heterocycles. The fourth-order valence-electron chi connectivity index (χ4n) is 2.41. The second-order valence-corrected chi connectivity index (χ2v) is 5.29. The molecule has 0 aromatic carbocycles. The lowest BCUT2D eigenvalue weighted by atomic mass is 9.79. The Morgan fingerprint density at radius 1 is 1.22 bits per heavy atom. The Balaban J connectivity index is 2.73. The van der Waals surface area contributed by atoms with Crippen LogP contribution in [0.1, 0.15) is 59.3 Å². The average Bonchev–Trinajstić information content (AvgIpc) is 3.16. The second-order valence-electron chi connectivity index (χ2n) is 5.29. The van der Waals surface area contributed by atoms with Gasteiger partial charge in [-0.3, -0.25) is 9.59 Å². The van der Waals surface area contributed by atoms with E-state index in [9.17, 15) is 14.7 Å². The van der Waals surface area contributed by atoms with Gasteiger partial charge in [-0.05, 0) is 32.1 Å². The smallest absolute Gasteiger partial charge is 0.310 e. The summed E-state index contributed by atoms with van der Waals surface area (Å²) in [6, 6.07) is 0.373. The van der Waals surface area contributed by atoms with Crippen LogP contribution in [0, 0.1) is 5.41 Å². The highest BCUT2D eigenvalue weighted by Crippen LogP contribution is 2.34. The molecule has 1 rings (SSSR count). The van der Waals surface area contributed by atoms with Crippen LogP contribution in [0.5, 0.6) is 0 Å². The van der Waals surface area contributed by atoms with Crippen molar-refractivity contribution in [3.8, 4) is 0 Å². The predicted molar refractivity (Wildman–Crippen MR) is 70.3 cm³/mol. The van der Waals surface area contributed by atoms with Crippen molar-refractivity contribution in [2.24, 2.45) is 5.41 Å². The average molecular weight is 255 g/mol. The molecule has 1 aliphatic carbocycles. The van der Waals surface area contributed by atoms with Gasteiger partial charge in [0, 0.05) is 19.0 Å². The maximum absolute atomic E-state index is 12.3. The van der Waals surface area contributed by atoms with Crippen molar-refractivity contribution in [1.29, 1.82) is 0 Å². The van der Waals surface area contributed by atoms with Crippen molar-refractivity contribution in [1.82, 2.24) is 4.90 Å². The molecular formula is C14H25NO3. The van der Waals surface area contributed by atoms with E-state index in [1.54, 1.807) is 0 Å². The summed E-state index contributed by atoms with van der Waals surface area (Å²) < 4.78 is 0. The van der Waals surface area contributed by atoms with Gasteiger partial charge in [-0.25, -0.2) is 0 Å². The molecule has 0 atom stereocenters. The predicted octanol–water partition coefficient (Wildman–Crippen LogP) is 2.67. The van der Waals surface area contributed by atoms with E-state index in [1.807, 2.05) is 25.7 Å². The van der Waals surface area contributed by atoms with Crippen LogP contribution in [0.25, 0.3) is 0 Å². The Labute approximate surface area is 109 Å². The minimum Gasteiger partial charge on any atom is -0.481 e. The van der Waals surface area contributed by atoms with Crippen molar-refractivity contribution in [2.45, 2.75) is 65.3 Å². The van der Waals surface area contributed by atoms with Crippen LogP contribution in [0.3, 0.4) is 0 Å². The monoisotopic (exact) mass is 255 g/mol. The van der Waals surface area contributed by atoms with Gasteiger partial charge in [0.1, 0.15) is 0 Å². The molecule has 18 heavy (non-hydrogen) atoms. The van der Waals surface area contributed by atoms with Crippen LogP contribution in [0.4, 0.5) is 0 Å². The highest BCUT2D eigenvalue weighted by Gasteiger charge is 2.40. The maximum Gasteiger partial charge on any atom is 0.310 e. The lowest BCUT2D eigenvalue weighted by Crippen LogP contribution is -2.40. The lowest BCUT2D eigenvalue weighted by Gasteiger charge is -2.30. The SMILES string of the molecule is CCCN(C(=O)CC(CC)(CC)C(=O)O)C1CC1. The normalized spacial score (nSPS) is 15.5. The summed E-state index contributed by atoms with van der Waals surface area (Å²) in [5.41, 5.74) is -0.877. The van der Waals surface area contributed by atoms with Crippen LogP contribution in [0.15, 0.2) is 0 Å². The number of hydrogen-bond acceptors (Lipinski definition) is 2. The molecular weight excluding hydrogens is 230 g/mol. The summed E-state index contributed by atoms with van der Waals surface area (Å²) in [5, 5.41) is 9.37. The summed E-state index contributed by atoms with van der Waals surface area (Å²) in [6.45, 7) is 6.51. The third-order valence-electron chi connectivity index (χ3n) is 4.07. The van der Waals surface area contributed by atoms with E-state index in [1.165, 1.54) is 0 Å². The molecule has 1 aliphatic rings. The van der Waals surface area contributed by atoms with Gasteiger partial charge in [-0.15, -0.1) is 0 Å². The highest BCUT2D eigenvalue weighted by molar-refractivity contribution is 5.85. The number of rotatable bonds is 8. The quantitative estimate of drug-likeness (QED) is 0.725. The molecule has 1 N–H and O–H groups in total. The van der Waals surface area contributed by atoms with E-state index in [4.69, 9.17) is 0 Å². The molecule has 4 nitrogen and oxygen atoms in total. The first-order chi connectivity index (χ1) is 8.50. The second kappa shape index (κ2) is 6.21. The Kier molecular flexibility index (Phi) is 5.17. The molecule has 0 spiro atoms. The van der Waals surface area contributed by atoms with Gasteiger partial charge in [0.05, 0.1) is 5.41 Å². The zero-order valence-electron chi connectivity index (χ0n) is 11.7. The van der Waals surface area contributed by atoms with Crippen LogP contribution in [-0.2, 0) is 9.59 Å². The van der Waals surface area contributed by atoms with Crippen LogP contribution >= 0.6 is 0 Å². The number of hydrogen-bond donors (Lipinski definition) is 1. The van der Waals surface area contributed by atoms with E-state index in [0.717, 1.165) is 25.8 Å². The first-order valence-electron chi connectivity index (χ1n) is 7.03. The number of nitrogens with zero attached hydrogens (tertiary/aromatic N) is 1. The van der Waals surface area contributed by atoms with Crippen LogP contribution in [-0.4, -0.2) is 34.5 Å². The third kappa shape index (κ3) is 3.24. The lowest BCUT2D eigenvalue weighted by molar-refractivity contribution is -0.154. The summed E-state index contributed by atoms with van der Waals surface area (Å²) in [4.78, 5) is 25.6. The zero-order chi connectivity index (χ0) is 13.8. The fraction of sp³-hybridized carbons (Fsp3) is 0.857. The maximum atomic E-state index is 12.3. The Bertz CT molecular complexity index is 306. The molecule has 1 fully saturated rings. The molecule has 0 aliphatic heterocycles. The Morgan fingerprint density at radius 2 is 1.78 bits per heavy atom. The first-order valence-corrected chi connectivity index (χ1v) is 7.03. The molecule has 0 saturated heterocycles. The van der Waals surface area contributed by atoms with Gasteiger partial charge in [0.2, 0.25) is 5.91 Å². The standard InChI is InChI=1S/C14H25NO3/c1-4-9-15(11-7-8-11)12(16)10-14(5-2,6-3)13(17)18/h11H,4-10H2,1-3H3,(H,17,18). The first kappa shape index (κ1) is 15.0. The summed E-state index contributed by atoms with van der Waals surface area (Å²) in [6.07, 6.45) is 4.24. The zero-order valence-corrected chi connectivity index (χ0v) is 11.7. The van der Waals surface area contributed by atoms with Gasteiger partial charge < -0.3 is 10.0 Å². The van der Waals surface area contributed by atoms with E-state index < -0.39 is 11.4 Å². The van der Waals surface area contributed by atoms with Crippen molar-refractivity contribution < 1.29 is 14.7 Å². The van der Waals surface area contributed by atoms with Crippen LogP contribution < -0.4 is 0 Å². The molecule has 1 saturated carbocycles. The molecule has 0 heterocycles. The largest absolute Gasteiger partial charge is 0.481 e. The molecule has 0 bridgehead atoms. The molecule has 104 valence electrons. The molecule has 4 heteroatoms. The van der Waals surface area contributed by atoms with E-state index in [0.29, 0.717) is 18.9 Å². The van der Waals surface area contributed by atoms with Gasteiger partial charge in [-0.2, -0.15) is 0 Å². The summed E-state index contributed by atoms with van der Waals surface area (Å²) >= 11 is 0. The minimum absolute atomic E-state index is 0.0189. The van der Waals surface area contributed by atoms with Gasteiger partial charge >= 0.3 is 5.97 Å². The molecule has 1 amide bonds. The number of carbonyl (C=O) groups excluding carboxylic acids is 1. The van der Waals surface area contributed by atoms with Crippen molar-refractivity contribution >= 4 is 11.9 Å². The summed E-state index contributed by atoms with van der Waals surface area (Å²) in [7, 11) is 0. The van der Waals surface area contributed by atoms with Gasteiger partial charge in [0.25, 0.3) is 0 Å². The molecule has 0 aromatic rings. The number of aliphatic carboxylic acids is 1. The van der Waals surface area contributed by atoms with E-state index in [2.05, 4.69) is 0 Å². The Morgan fingerprint density at radius 3 is 2.11 bits per heavy atom. The number of carbonyl (C=O) groups is 2. The summed E-state index contributed by atoms with van der Waals surface area (Å²) in [5.74, 6) is -0.821. The van der Waals surface area contributed by atoms with Crippen molar-refractivity contribution in [3.05, 3.63) is 0 Å². The van der Waals surface area contributed by atoms with E-state index >= 15 is 0 Å². The number of carboxylic acids is 1. The highest BCUT2D eigenvalue weighted by atomic mass is 16.4. The molecule has 0 radical (unpaired) electrons. The van der Waals surface area contributed by atoms with Gasteiger partial charge in [-0.1, -0.05) is 20.8 Å². The fourth-order valence-corrected chi connectivity index (χ4v) is 2.41. The van der Waals surface area contributed by atoms with E-state index in [-0.39, 0.29) is 12.3 Å².